The van der Waals surface area contributed by atoms with Crippen LogP contribution in [0.25, 0.3) is 0 Å². The Labute approximate surface area is 112 Å². The Bertz CT molecular complexity index is 233. The fraction of sp³-hybridized carbons (Fsp3) is 1.00. The lowest BCUT2D eigenvalue weighted by atomic mass is 9.98. The van der Waals surface area contributed by atoms with Crippen molar-refractivity contribution in [2.75, 3.05) is 32.8 Å². The first-order chi connectivity index (χ1) is 8.75. The van der Waals surface area contributed by atoms with Crippen molar-refractivity contribution >= 4 is 0 Å². The second kappa shape index (κ2) is 7.46. The quantitative estimate of drug-likeness (QED) is 0.705. The van der Waals surface area contributed by atoms with Crippen molar-refractivity contribution in [1.29, 1.82) is 0 Å². The van der Waals surface area contributed by atoms with Gasteiger partial charge in [-0.05, 0) is 51.1 Å². The number of nitrogens with one attached hydrogen (secondary N) is 1. The third-order valence-corrected chi connectivity index (χ3v) is 4.34. The molecular weight excluding hydrogens is 224 g/mol. The normalized spacial score (nSPS) is 28.8. The van der Waals surface area contributed by atoms with Crippen LogP contribution in [-0.4, -0.2) is 49.8 Å². The van der Waals surface area contributed by atoms with Crippen LogP contribution < -0.4 is 5.32 Å². The highest BCUT2D eigenvalue weighted by atomic mass is 16.5. The SMILES string of the molecule is CC(C)CCOCCNC1CCN2CCCC2C1. The molecule has 0 saturated carbocycles. The molecule has 3 heteroatoms. The van der Waals surface area contributed by atoms with E-state index in [1.165, 1.54) is 45.2 Å². The molecule has 0 spiro atoms. The second-order valence-corrected chi connectivity index (χ2v) is 6.30. The number of ether oxygens (including phenoxy) is 1. The average molecular weight is 254 g/mol. The van der Waals surface area contributed by atoms with E-state index in [0.717, 1.165) is 37.8 Å². The molecular formula is C15H30N2O. The van der Waals surface area contributed by atoms with Gasteiger partial charge in [-0.3, -0.25) is 0 Å². The second-order valence-electron chi connectivity index (χ2n) is 6.30. The average Bonchev–Trinajstić information content (AvgIpc) is 2.80. The van der Waals surface area contributed by atoms with Crippen LogP contribution in [0.1, 0.15) is 46.0 Å². The molecule has 0 aliphatic carbocycles. The fourth-order valence-electron chi connectivity index (χ4n) is 3.17. The van der Waals surface area contributed by atoms with E-state index in [1.54, 1.807) is 0 Å². The summed E-state index contributed by atoms with van der Waals surface area (Å²) in [5.74, 6) is 0.754. The van der Waals surface area contributed by atoms with Gasteiger partial charge in [0.15, 0.2) is 0 Å². The molecule has 2 atom stereocenters. The minimum Gasteiger partial charge on any atom is -0.380 e. The summed E-state index contributed by atoms with van der Waals surface area (Å²) in [4.78, 5) is 2.68. The van der Waals surface area contributed by atoms with Gasteiger partial charge >= 0.3 is 0 Å². The number of rotatable bonds is 7. The smallest absolute Gasteiger partial charge is 0.0591 e. The number of hydrogen-bond acceptors (Lipinski definition) is 3. The van der Waals surface area contributed by atoms with Crippen molar-refractivity contribution in [1.82, 2.24) is 10.2 Å². The highest BCUT2D eigenvalue weighted by molar-refractivity contribution is 4.89. The van der Waals surface area contributed by atoms with E-state index in [4.69, 9.17) is 4.74 Å². The van der Waals surface area contributed by atoms with Gasteiger partial charge in [-0.25, -0.2) is 0 Å². The number of fused-ring (bicyclic) bond motifs is 1. The van der Waals surface area contributed by atoms with Crippen molar-refractivity contribution in [3.8, 4) is 0 Å². The van der Waals surface area contributed by atoms with Gasteiger partial charge in [-0.15, -0.1) is 0 Å². The van der Waals surface area contributed by atoms with Crippen LogP contribution in [0.5, 0.6) is 0 Å². The molecule has 18 heavy (non-hydrogen) atoms. The molecule has 2 aliphatic rings. The largest absolute Gasteiger partial charge is 0.380 e. The van der Waals surface area contributed by atoms with Crippen LogP contribution in [-0.2, 0) is 4.74 Å². The maximum absolute atomic E-state index is 5.65. The van der Waals surface area contributed by atoms with Crippen LogP contribution in [0.15, 0.2) is 0 Å². The molecule has 2 fully saturated rings. The monoisotopic (exact) mass is 254 g/mol. The molecule has 0 amide bonds. The van der Waals surface area contributed by atoms with E-state index in [9.17, 15) is 0 Å². The Hall–Kier alpha value is -0.120. The molecule has 0 aromatic heterocycles. The van der Waals surface area contributed by atoms with Crippen molar-refractivity contribution < 1.29 is 4.74 Å². The molecule has 2 unspecified atom stereocenters. The summed E-state index contributed by atoms with van der Waals surface area (Å²) in [6.45, 7) is 9.95. The molecule has 106 valence electrons. The molecule has 0 radical (unpaired) electrons. The first kappa shape index (κ1) is 14.3. The van der Waals surface area contributed by atoms with Gasteiger partial charge in [0.25, 0.3) is 0 Å². The van der Waals surface area contributed by atoms with Gasteiger partial charge in [0.1, 0.15) is 0 Å². The summed E-state index contributed by atoms with van der Waals surface area (Å²) in [7, 11) is 0. The van der Waals surface area contributed by atoms with Crippen LogP contribution in [0.3, 0.4) is 0 Å². The van der Waals surface area contributed by atoms with E-state index in [1.807, 2.05) is 0 Å². The molecule has 0 aromatic rings. The highest BCUT2D eigenvalue weighted by Crippen LogP contribution is 2.26. The summed E-state index contributed by atoms with van der Waals surface area (Å²) in [5.41, 5.74) is 0. The van der Waals surface area contributed by atoms with Gasteiger partial charge in [0.05, 0.1) is 6.61 Å². The third-order valence-electron chi connectivity index (χ3n) is 4.34. The predicted octanol–water partition coefficient (Wildman–Crippen LogP) is 2.27. The lowest BCUT2D eigenvalue weighted by Gasteiger charge is -2.35. The Morgan fingerprint density at radius 2 is 2.11 bits per heavy atom. The van der Waals surface area contributed by atoms with E-state index < -0.39 is 0 Å². The lowest BCUT2D eigenvalue weighted by Crippen LogP contribution is -2.46. The number of hydrogen-bond donors (Lipinski definition) is 1. The zero-order valence-electron chi connectivity index (χ0n) is 12.2. The van der Waals surface area contributed by atoms with Crippen LogP contribution in [0, 0.1) is 5.92 Å². The van der Waals surface area contributed by atoms with Crippen molar-refractivity contribution in [2.24, 2.45) is 5.92 Å². The Morgan fingerprint density at radius 3 is 2.94 bits per heavy atom. The van der Waals surface area contributed by atoms with Crippen LogP contribution in [0.4, 0.5) is 0 Å². The molecule has 0 bridgehead atoms. The first-order valence-electron chi connectivity index (χ1n) is 7.81. The predicted molar refractivity (Wildman–Crippen MR) is 75.9 cm³/mol. The maximum Gasteiger partial charge on any atom is 0.0591 e. The first-order valence-corrected chi connectivity index (χ1v) is 7.81. The Balaban J connectivity index is 1.49. The standard InChI is InChI=1S/C15H30N2O/c1-13(2)6-10-18-11-7-16-14-5-9-17-8-3-4-15(17)12-14/h13-16H,3-12H2,1-2H3. The lowest BCUT2D eigenvalue weighted by molar-refractivity contribution is 0.115. The van der Waals surface area contributed by atoms with Crippen molar-refractivity contribution in [3.63, 3.8) is 0 Å². The van der Waals surface area contributed by atoms with E-state index in [2.05, 4.69) is 24.1 Å². The fourth-order valence-corrected chi connectivity index (χ4v) is 3.17. The van der Waals surface area contributed by atoms with Crippen molar-refractivity contribution in [2.45, 2.75) is 58.0 Å². The van der Waals surface area contributed by atoms with Crippen LogP contribution >= 0.6 is 0 Å². The van der Waals surface area contributed by atoms with E-state index >= 15 is 0 Å². The minimum absolute atomic E-state index is 0.734. The van der Waals surface area contributed by atoms with Gasteiger partial charge in [-0.1, -0.05) is 13.8 Å². The van der Waals surface area contributed by atoms with E-state index in [0.29, 0.717) is 0 Å². The third kappa shape index (κ3) is 4.52. The molecule has 2 aliphatic heterocycles. The van der Waals surface area contributed by atoms with Gasteiger partial charge in [0, 0.05) is 25.2 Å². The zero-order valence-corrected chi connectivity index (χ0v) is 12.2. The Morgan fingerprint density at radius 1 is 1.22 bits per heavy atom. The minimum atomic E-state index is 0.734. The molecule has 0 aromatic carbocycles. The summed E-state index contributed by atoms with van der Waals surface area (Å²) in [6, 6.07) is 1.61. The molecule has 1 N–H and O–H groups in total. The maximum atomic E-state index is 5.65. The van der Waals surface area contributed by atoms with Gasteiger partial charge in [0.2, 0.25) is 0 Å². The number of piperidine rings is 1. The summed E-state index contributed by atoms with van der Waals surface area (Å²) in [6.07, 6.45) is 6.69. The van der Waals surface area contributed by atoms with E-state index in [-0.39, 0.29) is 0 Å². The molecule has 3 nitrogen and oxygen atoms in total. The number of nitrogens with zero attached hydrogens (tertiary/aromatic N) is 1. The highest BCUT2D eigenvalue weighted by Gasteiger charge is 2.31. The van der Waals surface area contributed by atoms with Gasteiger partial charge in [-0.2, -0.15) is 0 Å². The summed E-state index contributed by atoms with van der Waals surface area (Å²) < 4.78 is 5.65. The summed E-state index contributed by atoms with van der Waals surface area (Å²) in [5, 5.41) is 3.67. The Kier molecular flexibility index (Phi) is 5.93. The zero-order chi connectivity index (χ0) is 12.8. The molecule has 2 rings (SSSR count). The molecule has 2 heterocycles. The van der Waals surface area contributed by atoms with Gasteiger partial charge < -0.3 is 15.0 Å². The van der Waals surface area contributed by atoms with Crippen LogP contribution in [0.2, 0.25) is 0 Å². The molecule has 2 saturated heterocycles. The van der Waals surface area contributed by atoms with Crippen molar-refractivity contribution in [3.05, 3.63) is 0 Å². The topological polar surface area (TPSA) is 24.5 Å². The summed E-state index contributed by atoms with van der Waals surface area (Å²) >= 11 is 0.